The van der Waals surface area contributed by atoms with Gasteiger partial charge in [-0.05, 0) is 66.8 Å². The SMILES string of the molecule is Nc1nnc(-c2ccc3nccc(C4CC4)c3c2)c(-c2ccc(F)cc2)n1. The molecule has 0 spiro atoms. The van der Waals surface area contributed by atoms with Crippen molar-refractivity contribution in [1.82, 2.24) is 20.2 Å². The van der Waals surface area contributed by atoms with Crippen LogP contribution in [0.5, 0.6) is 0 Å². The summed E-state index contributed by atoms with van der Waals surface area (Å²) in [5.74, 6) is 0.387. The fourth-order valence-electron chi connectivity index (χ4n) is 3.41. The molecule has 2 heterocycles. The van der Waals surface area contributed by atoms with Gasteiger partial charge in [0.1, 0.15) is 17.2 Å². The molecular formula is C21H16FN5. The van der Waals surface area contributed by atoms with Crippen molar-refractivity contribution in [1.29, 1.82) is 0 Å². The highest BCUT2D eigenvalue weighted by Gasteiger charge is 2.25. The molecule has 4 aromatic rings. The van der Waals surface area contributed by atoms with Crippen LogP contribution in [0.4, 0.5) is 10.3 Å². The van der Waals surface area contributed by atoms with Gasteiger partial charge in [0.25, 0.3) is 0 Å². The van der Waals surface area contributed by atoms with Crippen molar-refractivity contribution < 1.29 is 4.39 Å². The molecule has 27 heavy (non-hydrogen) atoms. The van der Waals surface area contributed by atoms with Crippen LogP contribution >= 0.6 is 0 Å². The molecule has 2 aromatic heterocycles. The van der Waals surface area contributed by atoms with Crippen LogP contribution in [0.2, 0.25) is 0 Å². The Labute approximate surface area is 155 Å². The van der Waals surface area contributed by atoms with E-state index >= 15 is 0 Å². The Hall–Kier alpha value is -3.41. The van der Waals surface area contributed by atoms with Crippen molar-refractivity contribution in [2.24, 2.45) is 0 Å². The Morgan fingerprint density at radius 1 is 0.889 bits per heavy atom. The second-order valence-corrected chi connectivity index (χ2v) is 6.78. The van der Waals surface area contributed by atoms with Crippen molar-refractivity contribution in [3.8, 4) is 22.5 Å². The number of hydrogen-bond donors (Lipinski definition) is 1. The van der Waals surface area contributed by atoms with Crippen LogP contribution in [-0.2, 0) is 0 Å². The number of anilines is 1. The number of hydrogen-bond acceptors (Lipinski definition) is 5. The van der Waals surface area contributed by atoms with Gasteiger partial charge in [0, 0.05) is 22.7 Å². The van der Waals surface area contributed by atoms with E-state index in [1.54, 1.807) is 12.1 Å². The molecule has 5 rings (SSSR count). The summed E-state index contributed by atoms with van der Waals surface area (Å²) in [6.45, 7) is 0. The average molecular weight is 357 g/mol. The molecule has 132 valence electrons. The zero-order valence-electron chi connectivity index (χ0n) is 14.4. The second kappa shape index (κ2) is 6.09. The molecule has 6 heteroatoms. The number of nitrogens with zero attached hydrogens (tertiary/aromatic N) is 4. The maximum absolute atomic E-state index is 13.3. The lowest BCUT2D eigenvalue weighted by Crippen LogP contribution is -2.02. The minimum Gasteiger partial charge on any atom is -0.366 e. The number of nitrogens with two attached hydrogens (primary N) is 1. The highest BCUT2D eigenvalue weighted by Crippen LogP contribution is 2.43. The monoisotopic (exact) mass is 357 g/mol. The average Bonchev–Trinajstić information content (AvgIpc) is 3.53. The molecular weight excluding hydrogens is 341 g/mol. The number of fused-ring (bicyclic) bond motifs is 1. The van der Waals surface area contributed by atoms with E-state index in [0.717, 1.165) is 22.0 Å². The van der Waals surface area contributed by atoms with Crippen molar-refractivity contribution in [2.75, 3.05) is 5.73 Å². The van der Waals surface area contributed by atoms with Gasteiger partial charge in [0.05, 0.1) is 5.52 Å². The summed E-state index contributed by atoms with van der Waals surface area (Å²) < 4.78 is 13.3. The first-order chi connectivity index (χ1) is 13.2. The Bertz CT molecular complexity index is 1150. The van der Waals surface area contributed by atoms with Crippen molar-refractivity contribution in [2.45, 2.75) is 18.8 Å². The van der Waals surface area contributed by atoms with E-state index < -0.39 is 0 Å². The number of halogens is 1. The lowest BCUT2D eigenvalue weighted by atomic mass is 9.99. The van der Waals surface area contributed by atoms with Gasteiger partial charge in [-0.15, -0.1) is 10.2 Å². The molecule has 2 aromatic carbocycles. The third-order valence-corrected chi connectivity index (χ3v) is 4.89. The Kier molecular flexibility index (Phi) is 3.57. The molecule has 1 aliphatic rings. The maximum Gasteiger partial charge on any atom is 0.240 e. The van der Waals surface area contributed by atoms with Gasteiger partial charge in [-0.2, -0.15) is 0 Å². The van der Waals surface area contributed by atoms with E-state index in [1.165, 1.54) is 30.5 Å². The van der Waals surface area contributed by atoms with Crippen LogP contribution in [0.25, 0.3) is 33.4 Å². The fraction of sp³-hybridized carbons (Fsp3) is 0.143. The molecule has 0 amide bonds. The lowest BCUT2D eigenvalue weighted by molar-refractivity contribution is 0.628. The first-order valence-corrected chi connectivity index (χ1v) is 8.84. The van der Waals surface area contributed by atoms with Crippen molar-refractivity contribution in [3.63, 3.8) is 0 Å². The first-order valence-electron chi connectivity index (χ1n) is 8.84. The fourth-order valence-corrected chi connectivity index (χ4v) is 3.41. The van der Waals surface area contributed by atoms with Gasteiger partial charge in [-0.25, -0.2) is 9.37 Å². The summed E-state index contributed by atoms with van der Waals surface area (Å²) >= 11 is 0. The first kappa shape index (κ1) is 15.8. The van der Waals surface area contributed by atoms with Crippen LogP contribution < -0.4 is 5.73 Å². The summed E-state index contributed by atoms with van der Waals surface area (Å²) in [5, 5.41) is 9.35. The number of aromatic nitrogens is 4. The van der Waals surface area contributed by atoms with Crippen LogP contribution in [0.15, 0.2) is 54.7 Å². The van der Waals surface area contributed by atoms with Crippen molar-refractivity contribution >= 4 is 16.9 Å². The summed E-state index contributed by atoms with van der Waals surface area (Å²) in [5.41, 5.74) is 10.9. The molecule has 0 saturated heterocycles. The van der Waals surface area contributed by atoms with Gasteiger partial charge in [0.15, 0.2) is 0 Å². The standard InChI is InChI=1S/C21H16FN5/c22-15-6-3-13(4-7-15)19-20(26-27-21(23)25-19)14-5-8-18-17(11-14)16(9-10-24-18)12-1-2-12/h3-12H,1-2H2,(H2,23,25,27). The predicted molar refractivity (Wildman–Crippen MR) is 102 cm³/mol. The zero-order valence-corrected chi connectivity index (χ0v) is 14.4. The molecule has 2 N–H and O–H groups in total. The molecule has 1 fully saturated rings. The molecule has 5 nitrogen and oxygen atoms in total. The zero-order chi connectivity index (χ0) is 18.4. The van der Waals surface area contributed by atoms with Gasteiger partial charge < -0.3 is 5.73 Å². The van der Waals surface area contributed by atoms with E-state index in [-0.39, 0.29) is 11.8 Å². The molecule has 1 aliphatic carbocycles. The summed E-state index contributed by atoms with van der Waals surface area (Å²) in [6, 6.07) is 14.3. The number of nitrogen functional groups attached to an aromatic ring is 1. The van der Waals surface area contributed by atoms with E-state index in [4.69, 9.17) is 5.73 Å². The second-order valence-electron chi connectivity index (χ2n) is 6.78. The molecule has 0 unspecified atom stereocenters. The molecule has 0 aliphatic heterocycles. The highest BCUT2D eigenvalue weighted by atomic mass is 19.1. The third-order valence-electron chi connectivity index (χ3n) is 4.89. The van der Waals surface area contributed by atoms with E-state index in [2.05, 4.69) is 32.3 Å². The Morgan fingerprint density at radius 3 is 2.44 bits per heavy atom. The maximum atomic E-state index is 13.3. The third kappa shape index (κ3) is 2.89. The van der Waals surface area contributed by atoms with E-state index in [0.29, 0.717) is 17.3 Å². The minimum absolute atomic E-state index is 0.0826. The van der Waals surface area contributed by atoms with Crippen LogP contribution in [0.1, 0.15) is 24.3 Å². The molecule has 1 saturated carbocycles. The van der Waals surface area contributed by atoms with Crippen molar-refractivity contribution in [3.05, 3.63) is 66.1 Å². The molecule has 0 atom stereocenters. The Morgan fingerprint density at radius 2 is 1.67 bits per heavy atom. The summed E-state index contributed by atoms with van der Waals surface area (Å²) in [6.07, 6.45) is 4.30. The van der Waals surface area contributed by atoms with Gasteiger partial charge in [-0.3, -0.25) is 4.98 Å². The molecule has 0 bridgehead atoms. The van der Waals surface area contributed by atoms with E-state index in [9.17, 15) is 4.39 Å². The van der Waals surface area contributed by atoms with Gasteiger partial charge >= 0.3 is 0 Å². The van der Waals surface area contributed by atoms with Crippen LogP contribution in [0.3, 0.4) is 0 Å². The summed E-state index contributed by atoms with van der Waals surface area (Å²) in [4.78, 5) is 8.84. The van der Waals surface area contributed by atoms with Gasteiger partial charge in [0.2, 0.25) is 5.95 Å². The van der Waals surface area contributed by atoms with Crippen LogP contribution in [0, 0.1) is 5.82 Å². The smallest absolute Gasteiger partial charge is 0.240 e. The lowest BCUT2D eigenvalue weighted by Gasteiger charge is -2.10. The number of rotatable bonds is 3. The number of pyridine rings is 1. The number of benzene rings is 2. The predicted octanol–water partition coefficient (Wildman–Crippen LogP) is 4.35. The van der Waals surface area contributed by atoms with E-state index in [1.807, 2.05) is 18.3 Å². The van der Waals surface area contributed by atoms with Gasteiger partial charge in [-0.1, -0.05) is 6.07 Å². The normalized spacial score (nSPS) is 13.8. The summed E-state index contributed by atoms with van der Waals surface area (Å²) in [7, 11) is 0. The highest BCUT2D eigenvalue weighted by molar-refractivity contribution is 5.89. The van der Waals surface area contributed by atoms with Crippen LogP contribution in [-0.4, -0.2) is 20.2 Å². The largest absolute Gasteiger partial charge is 0.366 e. The topological polar surface area (TPSA) is 77.6 Å². The Balaban J connectivity index is 1.70. The molecule has 0 radical (unpaired) electrons. The quantitative estimate of drug-likeness (QED) is 0.590. The minimum atomic E-state index is -0.304.